The number of methoxy groups -OCH3 is 3. The smallest absolute Gasteiger partial charge is 0.189 e. The van der Waals surface area contributed by atoms with Gasteiger partial charge in [0, 0.05) is 0 Å². The van der Waals surface area contributed by atoms with Gasteiger partial charge in [0.25, 0.3) is 0 Å². The van der Waals surface area contributed by atoms with Crippen LogP contribution in [0.5, 0.6) is 23.0 Å². The molecule has 0 aliphatic heterocycles. The Morgan fingerprint density at radius 2 is 1.65 bits per heavy atom. The molecular weight excluding hydrogens is 332 g/mol. The van der Waals surface area contributed by atoms with Crippen LogP contribution >= 0.6 is 0 Å². The summed E-state index contributed by atoms with van der Waals surface area (Å²) in [5.41, 5.74) is 1.28. The van der Waals surface area contributed by atoms with Crippen molar-refractivity contribution in [2.45, 2.75) is 13.3 Å². The lowest BCUT2D eigenvalue weighted by Gasteiger charge is -2.10. The Bertz CT molecular complexity index is 780. The minimum absolute atomic E-state index is 0.175. The fourth-order valence-electron chi connectivity index (χ4n) is 2.39. The molecule has 0 aliphatic carbocycles. The van der Waals surface area contributed by atoms with E-state index < -0.39 is 0 Å². The van der Waals surface area contributed by atoms with Crippen LogP contribution in [0, 0.1) is 0 Å². The van der Waals surface area contributed by atoms with Gasteiger partial charge in [0.1, 0.15) is 11.5 Å². The summed E-state index contributed by atoms with van der Waals surface area (Å²) >= 11 is 0. The van der Waals surface area contributed by atoms with Crippen LogP contribution in [0.3, 0.4) is 0 Å². The summed E-state index contributed by atoms with van der Waals surface area (Å²) in [5.74, 6) is 2.24. The van der Waals surface area contributed by atoms with E-state index in [4.69, 9.17) is 18.9 Å². The molecule has 0 amide bonds. The lowest BCUT2D eigenvalue weighted by atomic mass is 10.1. The van der Waals surface area contributed by atoms with E-state index in [9.17, 15) is 4.79 Å². The monoisotopic (exact) mass is 356 g/mol. The number of benzene rings is 2. The molecule has 0 N–H and O–H groups in total. The van der Waals surface area contributed by atoms with Crippen LogP contribution in [0.15, 0.2) is 42.5 Å². The molecule has 0 radical (unpaired) electrons. The lowest BCUT2D eigenvalue weighted by molar-refractivity contribution is 0.104. The second-order valence-electron chi connectivity index (χ2n) is 5.52. The van der Waals surface area contributed by atoms with Gasteiger partial charge in [-0.1, -0.05) is 19.1 Å². The van der Waals surface area contributed by atoms with Crippen molar-refractivity contribution in [3.8, 4) is 23.0 Å². The van der Waals surface area contributed by atoms with Crippen molar-refractivity contribution < 1.29 is 23.7 Å². The van der Waals surface area contributed by atoms with Gasteiger partial charge in [-0.25, -0.2) is 0 Å². The van der Waals surface area contributed by atoms with Crippen LogP contribution in [-0.4, -0.2) is 33.7 Å². The molecule has 2 aromatic rings. The van der Waals surface area contributed by atoms with E-state index in [0.29, 0.717) is 35.2 Å². The summed E-state index contributed by atoms with van der Waals surface area (Å²) in [7, 11) is 4.68. The van der Waals surface area contributed by atoms with Gasteiger partial charge in [-0.3, -0.25) is 4.79 Å². The predicted molar refractivity (Wildman–Crippen MR) is 102 cm³/mol. The van der Waals surface area contributed by atoms with Crippen molar-refractivity contribution in [1.29, 1.82) is 0 Å². The molecule has 0 aromatic heterocycles. The zero-order chi connectivity index (χ0) is 18.9. The lowest BCUT2D eigenvalue weighted by Crippen LogP contribution is -2.00. The van der Waals surface area contributed by atoms with Crippen molar-refractivity contribution in [2.75, 3.05) is 27.9 Å². The first-order valence-electron chi connectivity index (χ1n) is 8.38. The van der Waals surface area contributed by atoms with Crippen molar-refractivity contribution in [3.63, 3.8) is 0 Å². The van der Waals surface area contributed by atoms with E-state index in [1.165, 1.54) is 13.2 Å². The highest BCUT2D eigenvalue weighted by atomic mass is 16.5. The number of rotatable bonds is 9. The van der Waals surface area contributed by atoms with Crippen molar-refractivity contribution >= 4 is 11.9 Å². The Labute approximate surface area is 154 Å². The average Bonchev–Trinajstić information content (AvgIpc) is 2.69. The molecule has 0 spiro atoms. The molecule has 26 heavy (non-hydrogen) atoms. The minimum Gasteiger partial charge on any atom is -0.497 e. The molecule has 5 nitrogen and oxygen atoms in total. The number of carbonyl (C=O) groups is 1. The Hall–Kier alpha value is -2.95. The third kappa shape index (κ3) is 4.79. The quantitative estimate of drug-likeness (QED) is 0.492. The maximum atomic E-state index is 12.6. The fraction of sp³-hybridized carbons (Fsp3) is 0.286. The zero-order valence-electron chi connectivity index (χ0n) is 15.6. The average molecular weight is 356 g/mol. The first kappa shape index (κ1) is 19.4. The van der Waals surface area contributed by atoms with Crippen LogP contribution < -0.4 is 18.9 Å². The highest BCUT2D eigenvalue weighted by molar-refractivity contribution is 6.08. The molecule has 5 heteroatoms. The number of allylic oxidation sites excluding steroid dienone is 1. The summed E-state index contributed by atoms with van der Waals surface area (Å²) in [5, 5.41) is 0. The van der Waals surface area contributed by atoms with Gasteiger partial charge in [-0.15, -0.1) is 0 Å². The normalized spacial score (nSPS) is 10.6. The van der Waals surface area contributed by atoms with Gasteiger partial charge in [0.05, 0.1) is 33.5 Å². The maximum absolute atomic E-state index is 12.6. The van der Waals surface area contributed by atoms with Crippen LogP contribution in [-0.2, 0) is 0 Å². The van der Waals surface area contributed by atoms with E-state index in [2.05, 4.69) is 0 Å². The van der Waals surface area contributed by atoms with Gasteiger partial charge in [-0.2, -0.15) is 0 Å². The largest absolute Gasteiger partial charge is 0.497 e. The Morgan fingerprint density at radius 1 is 0.923 bits per heavy atom. The summed E-state index contributed by atoms with van der Waals surface area (Å²) in [6.45, 7) is 2.67. The van der Waals surface area contributed by atoms with Crippen molar-refractivity contribution in [1.82, 2.24) is 0 Å². The van der Waals surface area contributed by atoms with Gasteiger partial charge in [-0.05, 0) is 48.4 Å². The first-order chi connectivity index (χ1) is 12.6. The van der Waals surface area contributed by atoms with E-state index in [0.717, 1.165) is 12.0 Å². The van der Waals surface area contributed by atoms with Gasteiger partial charge in [0.2, 0.25) is 0 Å². The second-order valence-corrected chi connectivity index (χ2v) is 5.52. The highest BCUT2D eigenvalue weighted by Crippen LogP contribution is 2.29. The van der Waals surface area contributed by atoms with Gasteiger partial charge >= 0.3 is 0 Å². The molecule has 138 valence electrons. The number of ether oxygens (including phenoxy) is 4. The van der Waals surface area contributed by atoms with Crippen molar-refractivity contribution in [2.24, 2.45) is 0 Å². The standard InChI is InChI=1S/C21H24O5/c1-5-12-26-20-10-7-15(13-21(20)25-4)6-9-18(22)17-14-16(23-2)8-11-19(17)24-3/h6-11,13-14H,5,12H2,1-4H3/b9-6+. The Morgan fingerprint density at radius 3 is 2.31 bits per heavy atom. The molecule has 0 aliphatic rings. The molecule has 2 aromatic carbocycles. The first-order valence-corrected chi connectivity index (χ1v) is 8.38. The maximum Gasteiger partial charge on any atom is 0.189 e. The number of hydrogen-bond acceptors (Lipinski definition) is 5. The second kappa shape index (κ2) is 9.51. The topological polar surface area (TPSA) is 54.0 Å². The summed E-state index contributed by atoms with van der Waals surface area (Å²) in [6, 6.07) is 10.7. The molecular formula is C21H24O5. The number of ketones is 1. The van der Waals surface area contributed by atoms with Gasteiger partial charge < -0.3 is 18.9 Å². The van der Waals surface area contributed by atoms with E-state index >= 15 is 0 Å². The minimum atomic E-state index is -0.175. The molecule has 0 saturated carbocycles. The predicted octanol–water partition coefficient (Wildman–Crippen LogP) is 4.40. The SMILES string of the molecule is CCCOc1ccc(/C=C/C(=O)c2cc(OC)ccc2OC)cc1OC. The highest BCUT2D eigenvalue weighted by Gasteiger charge is 2.11. The molecule has 0 atom stereocenters. The zero-order valence-corrected chi connectivity index (χ0v) is 15.6. The molecule has 0 saturated heterocycles. The molecule has 0 unspecified atom stereocenters. The third-order valence-corrected chi connectivity index (χ3v) is 3.75. The molecule has 2 rings (SSSR count). The number of hydrogen-bond donors (Lipinski definition) is 0. The van der Waals surface area contributed by atoms with Crippen LogP contribution in [0.2, 0.25) is 0 Å². The summed E-state index contributed by atoms with van der Waals surface area (Å²) in [6.07, 6.45) is 4.15. The summed E-state index contributed by atoms with van der Waals surface area (Å²) < 4.78 is 21.4. The third-order valence-electron chi connectivity index (χ3n) is 3.75. The van der Waals surface area contributed by atoms with Crippen LogP contribution in [0.25, 0.3) is 6.08 Å². The van der Waals surface area contributed by atoms with Crippen molar-refractivity contribution in [3.05, 3.63) is 53.6 Å². The van der Waals surface area contributed by atoms with Crippen LogP contribution in [0.4, 0.5) is 0 Å². The Kier molecular flexibility index (Phi) is 7.09. The van der Waals surface area contributed by atoms with E-state index in [1.807, 2.05) is 25.1 Å². The van der Waals surface area contributed by atoms with E-state index in [-0.39, 0.29) is 5.78 Å². The Balaban J connectivity index is 2.22. The van der Waals surface area contributed by atoms with E-state index in [1.54, 1.807) is 38.5 Å². The molecule has 0 bridgehead atoms. The fourth-order valence-corrected chi connectivity index (χ4v) is 2.39. The molecule has 0 fully saturated rings. The molecule has 0 heterocycles. The van der Waals surface area contributed by atoms with Crippen LogP contribution in [0.1, 0.15) is 29.3 Å². The summed E-state index contributed by atoms with van der Waals surface area (Å²) in [4.78, 5) is 12.6. The van der Waals surface area contributed by atoms with Gasteiger partial charge in [0.15, 0.2) is 17.3 Å². The number of carbonyl (C=O) groups excluding carboxylic acids is 1.